The molecule has 0 saturated heterocycles. The molecule has 18 heavy (non-hydrogen) atoms. The molecule has 1 aromatic heterocycles. The maximum atomic E-state index is 10.9. The van der Waals surface area contributed by atoms with E-state index in [1.807, 2.05) is 18.2 Å². The second-order valence-corrected chi connectivity index (χ2v) is 4.60. The monoisotopic (exact) mass is 290 g/mol. The van der Waals surface area contributed by atoms with Crippen molar-refractivity contribution in [3.05, 3.63) is 51.3 Å². The number of halogens is 1. The van der Waals surface area contributed by atoms with Gasteiger partial charge < -0.3 is 2.85 Å². The molecule has 0 spiro atoms. The molecule has 2 aromatic rings. The van der Waals surface area contributed by atoms with Crippen molar-refractivity contribution >= 4 is 49.3 Å². The number of hydrogen-bond donors (Lipinski definition) is 1. The van der Waals surface area contributed by atoms with E-state index in [1.54, 1.807) is 6.07 Å². The maximum Gasteiger partial charge on any atom is 2.00 e. The summed E-state index contributed by atoms with van der Waals surface area (Å²) < 4.78 is 0. The number of benzene rings is 1. The van der Waals surface area contributed by atoms with Crippen LogP contribution in [0.2, 0.25) is 5.02 Å². The van der Waals surface area contributed by atoms with E-state index >= 15 is 0 Å². The largest absolute Gasteiger partial charge is 2.00 e. The van der Waals surface area contributed by atoms with Crippen LogP contribution in [0.1, 0.15) is 28.2 Å². The minimum Gasteiger partial charge on any atom is -1.00 e. The zero-order valence-electron chi connectivity index (χ0n) is 12.4. The Balaban J connectivity index is 0. The number of nitrogens with one attached hydrogen (secondary N) is 1. The van der Waals surface area contributed by atoms with E-state index in [9.17, 15) is 4.79 Å². The third-order valence-electron chi connectivity index (χ3n) is 2.60. The van der Waals surface area contributed by atoms with Crippen molar-refractivity contribution in [1.29, 1.82) is 0 Å². The topological polar surface area (TPSA) is 45.8 Å². The number of nitrogens with zero attached hydrogens (tertiary/aromatic N) is 1. The Bertz CT molecular complexity index is 585. The molecule has 0 aliphatic carbocycles. The first-order valence-electron chi connectivity index (χ1n) is 5.43. The average molecular weight is 291 g/mol. The van der Waals surface area contributed by atoms with Crippen LogP contribution in [0, 0.1) is 0 Å². The Labute approximate surface area is 144 Å². The van der Waals surface area contributed by atoms with Gasteiger partial charge in [-0.2, -0.15) is 5.10 Å². The first-order valence-corrected chi connectivity index (χ1v) is 5.81. The molecule has 5 heteroatoms. The number of hydrogen-bond acceptors (Lipinski definition) is 2. The van der Waals surface area contributed by atoms with Crippen molar-refractivity contribution in [3.63, 3.8) is 0 Å². The first-order chi connectivity index (χ1) is 8.08. The summed E-state index contributed by atoms with van der Waals surface area (Å²) in [6, 6.07) is 8.96. The van der Waals surface area contributed by atoms with Crippen molar-refractivity contribution in [1.82, 2.24) is 10.2 Å². The number of H-pyrrole nitrogens is 1. The van der Waals surface area contributed by atoms with E-state index in [0.29, 0.717) is 11.6 Å². The van der Waals surface area contributed by atoms with Crippen LogP contribution in [0.15, 0.2) is 35.1 Å². The van der Waals surface area contributed by atoms with Crippen LogP contribution in [0.4, 0.5) is 0 Å². The molecule has 92 valence electrons. The van der Waals surface area contributed by atoms with Crippen molar-refractivity contribution < 1.29 is 2.85 Å². The molecule has 0 amide bonds. The van der Waals surface area contributed by atoms with Gasteiger partial charge in [0.2, 0.25) is 0 Å². The predicted molar refractivity (Wildman–Crippen MR) is 77.4 cm³/mol. The van der Waals surface area contributed by atoms with Crippen molar-refractivity contribution in [2.24, 2.45) is 0 Å². The van der Waals surface area contributed by atoms with E-state index in [4.69, 9.17) is 11.6 Å². The van der Waals surface area contributed by atoms with Gasteiger partial charge in [-0.1, -0.05) is 37.6 Å². The molecule has 1 heterocycles. The number of aromatic amines is 1. The van der Waals surface area contributed by atoms with E-state index in [0.717, 1.165) is 16.1 Å². The Morgan fingerprint density at radius 2 is 2.00 bits per heavy atom. The third-order valence-corrected chi connectivity index (χ3v) is 2.92. The Morgan fingerprint density at radius 1 is 1.28 bits per heavy atom. The van der Waals surface area contributed by atoms with Gasteiger partial charge in [0.25, 0.3) is 5.56 Å². The fraction of sp³-hybridized carbons (Fsp3) is 0.231. The molecule has 3 nitrogen and oxygen atoms in total. The van der Waals surface area contributed by atoms with Gasteiger partial charge >= 0.3 is 37.7 Å². The second-order valence-electron chi connectivity index (χ2n) is 4.20. The molecule has 0 bridgehead atoms. The summed E-state index contributed by atoms with van der Waals surface area (Å²) in [5.41, 5.74) is 2.51. The second kappa shape index (κ2) is 6.71. The quantitative estimate of drug-likeness (QED) is 0.864. The Kier molecular flexibility index (Phi) is 5.86. The zero-order chi connectivity index (χ0) is 12.4. The smallest absolute Gasteiger partial charge is 1.00 e. The van der Waals surface area contributed by atoms with Gasteiger partial charge in [0, 0.05) is 16.7 Å². The minimum atomic E-state index is -0.210. The fourth-order valence-corrected chi connectivity index (χ4v) is 2.06. The normalized spacial score (nSPS) is 10.2. The van der Waals surface area contributed by atoms with Crippen LogP contribution in [-0.4, -0.2) is 47.9 Å². The van der Waals surface area contributed by atoms with Crippen LogP contribution < -0.4 is 5.56 Å². The molecule has 0 aliphatic heterocycles. The summed E-state index contributed by atoms with van der Waals surface area (Å²) in [5.74, 6) is 0.389. The zero-order valence-corrected chi connectivity index (χ0v) is 13.4. The molecule has 0 saturated carbocycles. The molecule has 0 unspecified atom stereocenters. The molecule has 0 radical (unpaired) electrons. The van der Waals surface area contributed by atoms with E-state index in [-0.39, 0.29) is 46.2 Å². The van der Waals surface area contributed by atoms with Crippen LogP contribution in [0.25, 0.3) is 11.3 Å². The van der Waals surface area contributed by atoms with Gasteiger partial charge in [-0.25, -0.2) is 5.10 Å². The Morgan fingerprint density at radius 3 is 2.50 bits per heavy atom. The molecule has 0 fully saturated rings. The molecule has 0 atom stereocenters. The summed E-state index contributed by atoms with van der Waals surface area (Å²) >= 11 is 6.21. The van der Waals surface area contributed by atoms with Crippen LogP contribution in [-0.2, 0) is 0 Å². The van der Waals surface area contributed by atoms with Gasteiger partial charge in [0.15, 0.2) is 0 Å². The minimum absolute atomic E-state index is 0. The summed E-state index contributed by atoms with van der Waals surface area (Å²) in [7, 11) is 0. The van der Waals surface area contributed by atoms with E-state index in [2.05, 4.69) is 24.0 Å². The summed E-state index contributed by atoms with van der Waals surface area (Å²) in [6.07, 6.45) is 0. The molecule has 0 aliphatic rings. The SMILES string of the molecule is CC(C)c1ccc(-c2ccc(=O)[nH]n2)cc1Cl.[Ca+2].[H-].[H-]. The summed E-state index contributed by atoms with van der Waals surface area (Å²) in [4.78, 5) is 10.9. The standard InChI is InChI=1S/C13H13ClN2O.Ca.2H/c1-8(2)10-4-3-9(7-11(10)14)12-5-6-13(17)16-15-12;;;/h3-8H,1-2H3,(H,16,17);;;/q;+2;2*-1. The van der Waals surface area contributed by atoms with Gasteiger partial charge in [-0.05, 0) is 23.6 Å². The van der Waals surface area contributed by atoms with E-state index < -0.39 is 0 Å². The molecule has 1 aromatic carbocycles. The first kappa shape index (κ1) is 15.7. The van der Waals surface area contributed by atoms with Gasteiger partial charge in [0.05, 0.1) is 5.69 Å². The molecular formula is C13H15CaClN2O. The molecular weight excluding hydrogens is 276 g/mol. The van der Waals surface area contributed by atoms with Crippen molar-refractivity contribution in [3.8, 4) is 11.3 Å². The average Bonchev–Trinajstić information content (AvgIpc) is 2.29. The third kappa shape index (κ3) is 3.58. The number of rotatable bonds is 2. The summed E-state index contributed by atoms with van der Waals surface area (Å²) in [5, 5.41) is 7.10. The van der Waals surface area contributed by atoms with Gasteiger partial charge in [0.1, 0.15) is 0 Å². The van der Waals surface area contributed by atoms with Gasteiger partial charge in [-0.15, -0.1) is 0 Å². The predicted octanol–water partition coefficient (Wildman–Crippen LogP) is 3.06. The Hall–Kier alpha value is -0.350. The van der Waals surface area contributed by atoms with Crippen LogP contribution >= 0.6 is 11.6 Å². The fourth-order valence-electron chi connectivity index (χ4n) is 1.66. The number of aromatic nitrogens is 2. The van der Waals surface area contributed by atoms with Crippen LogP contribution in [0.5, 0.6) is 0 Å². The van der Waals surface area contributed by atoms with Crippen molar-refractivity contribution in [2.75, 3.05) is 0 Å². The molecule has 1 N–H and O–H groups in total. The van der Waals surface area contributed by atoms with Crippen LogP contribution in [0.3, 0.4) is 0 Å². The maximum absolute atomic E-state index is 10.9. The van der Waals surface area contributed by atoms with E-state index in [1.165, 1.54) is 6.07 Å². The molecule has 2 rings (SSSR count). The van der Waals surface area contributed by atoms with Gasteiger partial charge in [-0.3, -0.25) is 4.79 Å². The van der Waals surface area contributed by atoms with Crippen molar-refractivity contribution in [2.45, 2.75) is 19.8 Å². The summed E-state index contributed by atoms with van der Waals surface area (Å²) in [6.45, 7) is 4.19.